The average molecular weight is 324 g/mol. The lowest BCUT2D eigenvalue weighted by atomic mass is 10.0. The molecular formula is C15H24N4O4. The van der Waals surface area contributed by atoms with Crippen molar-refractivity contribution in [3.05, 3.63) is 37.4 Å². The van der Waals surface area contributed by atoms with E-state index in [9.17, 15) is 20.2 Å². The molecule has 0 aromatic heterocycles. The summed E-state index contributed by atoms with van der Waals surface area (Å²) in [5.41, 5.74) is 0.614. The first kappa shape index (κ1) is 18.8. The molecule has 1 aromatic rings. The average Bonchev–Trinajstić information content (AvgIpc) is 2.46. The zero-order valence-electron chi connectivity index (χ0n) is 14.3. The van der Waals surface area contributed by atoms with Crippen LogP contribution >= 0.6 is 0 Å². The third kappa shape index (κ3) is 4.38. The lowest BCUT2D eigenvalue weighted by molar-refractivity contribution is -0.393. The van der Waals surface area contributed by atoms with E-state index in [1.165, 1.54) is 6.07 Å². The zero-order valence-corrected chi connectivity index (χ0v) is 14.3. The van der Waals surface area contributed by atoms with Gasteiger partial charge in [-0.3, -0.25) is 20.2 Å². The van der Waals surface area contributed by atoms with Crippen molar-refractivity contribution in [3.63, 3.8) is 0 Å². The van der Waals surface area contributed by atoms with Crippen molar-refractivity contribution in [3.8, 4) is 0 Å². The summed E-state index contributed by atoms with van der Waals surface area (Å²) in [6.45, 7) is 5.89. The highest BCUT2D eigenvalue weighted by Gasteiger charge is 2.32. The molecule has 8 heteroatoms. The van der Waals surface area contributed by atoms with Gasteiger partial charge in [-0.2, -0.15) is 0 Å². The van der Waals surface area contributed by atoms with E-state index >= 15 is 0 Å². The van der Waals surface area contributed by atoms with Crippen LogP contribution in [0, 0.1) is 27.2 Å². The maximum absolute atomic E-state index is 11.6. The lowest BCUT2D eigenvalue weighted by Gasteiger charge is -2.19. The van der Waals surface area contributed by atoms with Gasteiger partial charge >= 0.3 is 5.69 Å². The van der Waals surface area contributed by atoms with Crippen molar-refractivity contribution in [2.24, 2.45) is 0 Å². The molecule has 128 valence electrons. The number of nitrogens with zero attached hydrogens (tertiary/aromatic N) is 3. The summed E-state index contributed by atoms with van der Waals surface area (Å²) in [5.74, 6) is 0. The number of aryl methyl sites for hydroxylation is 1. The Labute approximate surface area is 135 Å². The van der Waals surface area contributed by atoms with Crippen LogP contribution in [0.1, 0.15) is 37.8 Å². The van der Waals surface area contributed by atoms with Crippen molar-refractivity contribution in [1.82, 2.24) is 4.90 Å². The molecule has 1 rings (SSSR count). The monoisotopic (exact) mass is 324 g/mol. The molecule has 0 aliphatic heterocycles. The number of hydrogen-bond donors (Lipinski definition) is 1. The first-order chi connectivity index (χ1) is 10.7. The molecule has 0 amide bonds. The Bertz CT molecular complexity index is 598. The second kappa shape index (κ2) is 7.87. The van der Waals surface area contributed by atoms with Crippen molar-refractivity contribution < 1.29 is 9.85 Å². The number of rotatable bonds is 8. The van der Waals surface area contributed by atoms with E-state index in [1.807, 2.05) is 18.7 Å². The van der Waals surface area contributed by atoms with Crippen molar-refractivity contribution in [1.29, 1.82) is 0 Å². The standard InChI is InChI=1S/C15H24N4O4/c1-6-11(7-2)16-14-13(18(20)21)8-10(3)12(9-17(4)5)15(14)19(22)23/h8,11,16H,6-7,9H2,1-5H3. The van der Waals surface area contributed by atoms with Crippen LogP contribution in [0.4, 0.5) is 17.1 Å². The third-order valence-electron chi connectivity index (χ3n) is 3.80. The van der Waals surface area contributed by atoms with Gasteiger partial charge < -0.3 is 10.2 Å². The number of hydrogen-bond acceptors (Lipinski definition) is 6. The summed E-state index contributed by atoms with van der Waals surface area (Å²) in [4.78, 5) is 23.7. The normalized spacial score (nSPS) is 11.1. The highest BCUT2D eigenvalue weighted by molar-refractivity contribution is 5.78. The van der Waals surface area contributed by atoms with Gasteiger partial charge in [0.25, 0.3) is 5.69 Å². The fourth-order valence-electron chi connectivity index (χ4n) is 2.52. The van der Waals surface area contributed by atoms with Gasteiger partial charge in [0, 0.05) is 24.2 Å². The number of nitro benzene ring substituents is 2. The molecule has 0 bridgehead atoms. The molecule has 0 aliphatic carbocycles. The van der Waals surface area contributed by atoms with Crippen LogP contribution in [-0.2, 0) is 6.54 Å². The van der Waals surface area contributed by atoms with Gasteiger partial charge in [0.2, 0.25) is 0 Å². The van der Waals surface area contributed by atoms with E-state index < -0.39 is 9.85 Å². The van der Waals surface area contributed by atoms with Crippen LogP contribution in [0.5, 0.6) is 0 Å². The van der Waals surface area contributed by atoms with Crippen LogP contribution < -0.4 is 5.32 Å². The molecule has 8 nitrogen and oxygen atoms in total. The molecule has 0 saturated carbocycles. The van der Waals surface area contributed by atoms with Crippen LogP contribution in [0.2, 0.25) is 0 Å². The Morgan fingerprint density at radius 3 is 2.13 bits per heavy atom. The molecule has 1 N–H and O–H groups in total. The molecule has 0 heterocycles. The minimum absolute atomic E-state index is 0.0103. The molecule has 0 fully saturated rings. The molecule has 0 aliphatic rings. The van der Waals surface area contributed by atoms with Gasteiger partial charge in [-0.1, -0.05) is 13.8 Å². The smallest absolute Gasteiger partial charge is 0.304 e. The van der Waals surface area contributed by atoms with E-state index in [2.05, 4.69) is 5.32 Å². The number of anilines is 1. The second-order valence-corrected chi connectivity index (χ2v) is 5.82. The summed E-state index contributed by atoms with van der Waals surface area (Å²) >= 11 is 0. The van der Waals surface area contributed by atoms with Gasteiger partial charge in [-0.15, -0.1) is 0 Å². The maximum Gasteiger partial charge on any atom is 0.304 e. The summed E-state index contributed by atoms with van der Waals surface area (Å²) in [6.07, 6.45) is 1.45. The van der Waals surface area contributed by atoms with E-state index in [4.69, 9.17) is 0 Å². The predicted molar refractivity (Wildman–Crippen MR) is 89.9 cm³/mol. The first-order valence-corrected chi connectivity index (χ1v) is 7.59. The minimum Gasteiger partial charge on any atom is -0.371 e. The van der Waals surface area contributed by atoms with Crippen LogP contribution in [0.15, 0.2) is 6.07 Å². The van der Waals surface area contributed by atoms with Crippen LogP contribution in [0.25, 0.3) is 0 Å². The van der Waals surface area contributed by atoms with Crippen molar-refractivity contribution in [2.75, 3.05) is 19.4 Å². The fraction of sp³-hybridized carbons (Fsp3) is 0.600. The van der Waals surface area contributed by atoms with Crippen molar-refractivity contribution >= 4 is 17.1 Å². The van der Waals surface area contributed by atoms with E-state index in [-0.39, 0.29) is 23.1 Å². The van der Waals surface area contributed by atoms with E-state index in [0.717, 1.165) is 12.8 Å². The Hall–Kier alpha value is -2.22. The second-order valence-electron chi connectivity index (χ2n) is 5.82. The first-order valence-electron chi connectivity index (χ1n) is 7.59. The Kier molecular flexibility index (Phi) is 6.44. The van der Waals surface area contributed by atoms with Gasteiger partial charge in [-0.05, 0) is 39.4 Å². The number of nitrogens with one attached hydrogen (secondary N) is 1. The van der Waals surface area contributed by atoms with Gasteiger partial charge in [0.15, 0.2) is 5.69 Å². The topological polar surface area (TPSA) is 102 Å². The fourth-order valence-corrected chi connectivity index (χ4v) is 2.52. The largest absolute Gasteiger partial charge is 0.371 e. The Morgan fingerprint density at radius 1 is 1.17 bits per heavy atom. The number of nitro groups is 2. The molecule has 0 spiro atoms. The molecule has 0 saturated heterocycles. The SMILES string of the molecule is CCC(CC)Nc1c([N+](=O)[O-])cc(C)c(CN(C)C)c1[N+](=O)[O-]. The summed E-state index contributed by atoms with van der Waals surface area (Å²) in [5, 5.41) is 26.0. The highest BCUT2D eigenvalue weighted by atomic mass is 16.6. The van der Waals surface area contributed by atoms with E-state index in [1.54, 1.807) is 21.0 Å². The minimum atomic E-state index is -0.565. The quantitative estimate of drug-likeness (QED) is 0.580. The summed E-state index contributed by atoms with van der Waals surface area (Å²) in [7, 11) is 3.61. The Balaban J connectivity index is 3.64. The number of benzene rings is 1. The molecule has 0 atom stereocenters. The van der Waals surface area contributed by atoms with Gasteiger partial charge in [0.1, 0.15) is 0 Å². The highest BCUT2D eigenvalue weighted by Crippen LogP contribution is 2.40. The summed E-state index contributed by atoms with van der Waals surface area (Å²) in [6, 6.07) is 1.36. The molecule has 1 aromatic carbocycles. The molecule has 0 radical (unpaired) electrons. The molecule has 0 unspecified atom stereocenters. The van der Waals surface area contributed by atoms with E-state index in [0.29, 0.717) is 17.7 Å². The zero-order chi connectivity index (χ0) is 17.7. The lowest BCUT2D eigenvalue weighted by Crippen LogP contribution is -2.21. The van der Waals surface area contributed by atoms with Crippen molar-refractivity contribution in [2.45, 2.75) is 46.2 Å². The van der Waals surface area contributed by atoms with Crippen LogP contribution in [-0.4, -0.2) is 34.9 Å². The van der Waals surface area contributed by atoms with Gasteiger partial charge in [-0.25, -0.2) is 0 Å². The predicted octanol–water partition coefficient (Wildman–Crippen LogP) is 3.47. The molecule has 23 heavy (non-hydrogen) atoms. The summed E-state index contributed by atoms with van der Waals surface area (Å²) < 4.78 is 0. The van der Waals surface area contributed by atoms with Crippen LogP contribution in [0.3, 0.4) is 0 Å². The maximum atomic E-state index is 11.6. The molecular weight excluding hydrogens is 300 g/mol. The third-order valence-corrected chi connectivity index (χ3v) is 3.80. The Morgan fingerprint density at radius 2 is 1.74 bits per heavy atom. The van der Waals surface area contributed by atoms with Gasteiger partial charge in [0.05, 0.1) is 9.85 Å².